The summed E-state index contributed by atoms with van der Waals surface area (Å²) < 4.78 is 1.54. The van der Waals surface area contributed by atoms with E-state index in [2.05, 4.69) is 4.98 Å². The van der Waals surface area contributed by atoms with Gasteiger partial charge in [0.15, 0.2) is 0 Å². The fourth-order valence-electron chi connectivity index (χ4n) is 1.49. The molecule has 1 aromatic carbocycles. The molecule has 82 valence electrons. The highest BCUT2D eigenvalue weighted by Gasteiger charge is 2.12. The summed E-state index contributed by atoms with van der Waals surface area (Å²) in [6.07, 6.45) is 3.22. The first-order valence-corrected chi connectivity index (χ1v) is 4.99. The van der Waals surface area contributed by atoms with E-state index in [-0.39, 0.29) is 6.03 Å². The van der Waals surface area contributed by atoms with Crippen LogP contribution in [0.1, 0.15) is 0 Å². The highest BCUT2D eigenvalue weighted by molar-refractivity contribution is 5.81. The maximum Gasteiger partial charge on any atom is 0.329 e. The molecule has 0 saturated heterocycles. The molecule has 0 saturated carbocycles. The Labute approximate surface area is 94.1 Å². The van der Waals surface area contributed by atoms with Crippen molar-refractivity contribution >= 4 is 6.03 Å². The van der Waals surface area contributed by atoms with Crippen LogP contribution in [0.5, 0.6) is 0 Å². The number of nitrogens with zero attached hydrogens (tertiary/aromatic N) is 3. The Morgan fingerprint density at radius 1 is 1.25 bits per heavy atom. The Hall–Kier alpha value is -2.10. The molecule has 0 unspecified atom stereocenters. The molecule has 0 radical (unpaired) electrons. The fourth-order valence-corrected chi connectivity index (χ4v) is 1.49. The van der Waals surface area contributed by atoms with E-state index >= 15 is 0 Å². The third-order valence-corrected chi connectivity index (χ3v) is 2.30. The maximum absolute atomic E-state index is 11.8. The maximum atomic E-state index is 11.8. The normalized spacial score (nSPS) is 10.1. The number of hydrogen-bond acceptors (Lipinski definition) is 2. The largest absolute Gasteiger partial charge is 0.330 e. The van der Waals surface area contributed by atoms with E-state index in [1.165, 1.54) is 15.8 Å². The highest BCUT2D eigenvalue weighted by Crippen LogP contribution is 2.18. The van der Waals surface area contributed by atoms with Crippen LogP contribution in [-0.4, -0.2) is 34.6 Å². The lowest BCUT2D eigenvalue weighted by molar-refractivity contribution is 0.219. The summed E-state index contributed by atoms with van der Waals surface area (Å²) in [4.78, 5) is 17.4. The highest BCUT2D eigenvalue weighted by atomic mass is 16.2. The molecule has 0 fully saturated rings. The van der Waals surface area contributed by atoms with Crippen LogP contribution in [0, 0.1) is 0 Å². The first-order chi connectivity index (χ1) is 7.70. The number of carbonyl (C=O) groups is 1. The van der Waals surface area contributed by atoms with Crippen molar-refractivity contribution in [1.29, 1.82) is 0 Å². The van der Waals surface area contributed by atoms with E-state index in [0.717, 1.165) is 11.3 Å². The summed E-state index contributed by atoms with van der Waals surface area (Å²) >= 11 is 0. The minimum Gasteiger partial charge on any atom is -0.330 e. The van der Waals surface area contributed by atoms with Crippen molar-refractivity contribution in [1.82, 2.24) is 14.5 Å². The van der Waals surface area contributed by atoms with Crippen LogP contribution in [0.15, 0.2) is 42.9 Å². The van der Waals surface area contributed by atoms with Crippen LogP contribution < -0.4 is 0 Å². The van der Waals surface area contributed by atoms with Crippen molar-refractivity contribution in [3.8, 4) is 11.3 Å². The first-order valence-electron chi connectivity index (χ1n) is 4.99. The molecule has 0 bridgehead atoms. The average Bonchev–Trinajstić information content (AvgIpc) is 2.77. The zero-order valence-electron chi connectivity index (χ0n) is 9.29. The third kappa shape index (κ3) is 1.82. The van der Waals surface area contributed by atoms with Gasteiger partial charge < -0.3 is 4.90 Å². The van der Waals surface area contributed by atoms with E-state index < -0.39 is 0 Å². The van der Waals surface area contributed by atoms with Crippen LogP contribution in [0.25, 0.3) is 11.3 Å². The predicted molar refractivity (Wildman–Crippen MR) is 62.1 cm³/mol. The van der Waals surface area contributed by atoms with Crippen LogP contribution >= 0.6 is 0 Å². The molecule has 0 spiro atoms. The van der Waals surface area contributed by atoms with Gasteiger partial charge in [-0.2, -0.15) is 0 Å². The minimum atomic E-state index is -0.101. The minimum absolute atomic E-state index is 0.101. The van der Waals surface area contributed by atoms with Crippen LogP contribution in [0.2, 0.25) is 0 Å². The quantitative estimate of drug-likeness (QED) is 0.730. The summed E-state index contributed by atoms with van der Waals surface area (Å²) in [5, 5.41) is 0. The molecule has 1 aromatic heterocycles. The molecule has 1 amide bonds. The van der Waals surface area contributed by atoms with E-state index in [0.29, 0.717) is 0 Å². The molecular weight excluding hydrogens is 202 g/mol. The van der Waals surface area contributed by atoms with E-state index in [1.807, 2.05) is 30.3 Å². The van der Waals surface area contributed by atoms with Gasteiger partial charge in [-0.1, -0.05) is 30.3 Å². The zero-order chi connectivity index (χ0) is 11.5. The van der Waals surface area contributed by atoms with Gasteiger partial charge in [-0.25, -0.2) is 9.78 Å². The van der Waals surface area contributed by atoms with Crippen LogP contribution in [-0.2, 0) is 0 Å². The number of aromatic nitrogens is 2. The Bertz CT molecular complexity index is 488. The molecule has 4 nitrogen and oxygen atoms in total. The number of rotatable bonds is 1. The monoisotopic (exact) mass is 215 g/mol. The first kappa shape index (κ1) is 10.4. The molecule has 1 heterocycles. The molecule has 0 N–H and O–H groups in total. The summed E-state index contributed by atoms with van der Waals surface area (Å²) in [5.41, 5.74) is 1.79. The number of hydrogen-bond donors (Lipinski definition) is 0. The van der Waals surface area contributed by atoms with Crippen molar-refractivity contribution in [2.24, 2.45) is 0 Å². The summed E-state index contributed by atoms with van der Waals surface area (Å²) in [5.74, 6) is 0. The van der Waals surface area contributed by atoms with Gasteiger partial charge in [0.2, 0.25) is 0 Å². The molecule has 0 aliphatic heterocycles. The van der Waals surface area contributed by atoms with Crippen LogP contribution in [0.3, 0.4) is 0 Å². The summed E-state index contributed by atoms with van der Waals surface area (Å²) in [7, 11) is 3.44. The van der Waals surface area contributed by atoms with Crippen molar-refractivity contribution in [3.05, 3.63) is 42.9 Å². The standard InChI is InChI=1S/C12H13N3O/c1-14(2)12(16)15-9-13-8-11(15)10-6-4-3-5-7-10/h3-9H,1-2H3. The third-order valence-electron chi connectivity index (χ3n) is 2.30. The van der Waals surface area contributed by atoms with Crippen LogP contribution in [0.4, 0.5) is 4.79 Å². The second kappa shape index (κ2) is 4.18. The average molecular weight is 215 g/mol. The lowest BCUT2D eigenvalue weighted by Gasteiger charge is -2.12. The van der Waals surface area contributed by atoms with Gasteiger partial charge in [0, 0.05) is 19.7 Å². The molecule has 2 aromatic rings. The topological polar surface area (TPSA) is 38.1 Å². The van der Waals surface area contributed by atoms with E-state index in [4.69, 9.17) is 0 Å². The number of amides is 1. The van der Waals surface area contributed by atoms with Gasteiger partial charge in [0.05, 0.1) is 11.9 Å². The lowest BCUT2D eigenvalue weighted by atomic mass is 10.2. The Morgan fingerprint density at radius 3 is 2.56 bits per heavy atom. The second-order valence-corrected chi connectivity index (χ2v) is 3.69. The molecule has 4 heteroatoms. The predicted octanol–water partition coefficient (Wildman–Crippen LogP) is 2.08. The van der Waals surface area contributed by atoms with Crippen molar-refractivity contribution in [3.63, 3.8) is 0 Å². The number of benzene rings is 1. The van der Waals surface area contributed by atoms with Gasteiger partial charge in [0.25, 0.3) is 0 Å². The summed E-state index contributed by atoms with van der Waals surface area (Å²) in [6, 6.07) is 9.63. The van der Waals surface area contributed by atoms with Gasteiger partial charge in [-0.05, 0) is 0 Å². The Morgan fingerprint density at radius 2 is 1.94 bits per heavy atom. The number of carbonyl (C=O) groups excluding carboxylic acids is 1. The molecule has 0 atom stereocenters. The van der Waals surface area contributed by atoms with Gasteiger partial charge in [-0.3, -0.25) is 4.57 Å². The molecule has 0 aliphatic carbocycles. The smallest absolute Gasteiger partial charge is 0.329 e. The Kier molecular flexibility index (Phi) is 2.72. The second-order valence-electron chi connectivity index (χ2n) is 3.69. The van der Waals surface area contributed by atoms with Gasteiger partial charge >= 0.3 is 6.03 Å². The fraction of sp³-hybridized carbons (Fsp3) is 0.167. The van der Waals surface area contributed by atoms with Gasteiger partial charge in [-0.15, -0.1) is 0 Å². The lowest BCUT2D eigenvalue weighted by Crippen LogP contribution is -2.27. The van der Waals surface area contributed by atoms with Crippen molar-refractivity contribution in [2.75, 3.05) is 14.1 Å². The van der Waals surface area contributed by atoms with Crippen molar-refractivity contribution < 1.29 is 4.79 Å². The molecular formula is C12H13N3O. The Balaban J connectivity index is 2.45. The number of imidazole rings is 1. The summed E-state index contributed by atoms with van der Waals surface area (Å²) in [6.45, 7) is 0. The van der Waals surface area contributed by atoms with Crippen molar-refractivity contribution in [2.45, 2.75) is 0 Å². The van der Waals surface area contributed by atoms with E-state index in [1.54, 1.807) is 20.3 Å². The molecule has 0 aliphatic rings. The van der Waals surface area contributed by atoms with Gasteiger partial charge in [0.1, 0.15) is 6.33 Å². The molecule has 16 heavy (non-hydrogen) atoms. The SMILES string of the molecule is CN(C)C(=O)n1cncc1-c1ccccc1. The zero-order valence-corrected chi connectivity index (χ0v) is 9.29. The molecule has 2 rings (SSSR count). The van der Waals surface area contributed by atoms with E-state index in [9.17, 15) is 4.79 Å².